The summed E-state index contributed by atoms with van der Waals surface area (Å²) in [5.41, 5.74) is 5.53. The lowest BCUT2D eigenvalue weighted by Crippen LogP contribution is -1.86. The topological polar surface area (TPSA) is 33.1 Å². The van der Waals surface area contributed by atoms with Crippen molar-refractivity contribution in [2.75, 3.05) is 0 Å². The molecule has 1 N–H and O–H groups in total. The van der Waals surface area contributed by atoms with Gasteiger partial charge in [0.15, 0.2) is 0 Å². The van der Waals surface area contributed by atoms with Crippen LogP contribution >= 0.6 is 11.6 Å². The zero-order valence-corrected chi connectivity index (χ0v) is 13.2. The van der Waals surface area contributed by atoms with Gasteiger partial charge in [0.25, 0.3) is 0 Å². The molecule has 0 bridgehead atoms. The molecule has 0 aliphatic carbocycles. The molecule has 1 aromatic carbocycles. The first-order valence-electron chi connectivity index (χ1n) is 7.36. The maximum absolute atomic E-state index is 6.51. The number of aromatic nitrogens is 3. The Labute approximate surface area is 133 Å². The van der Waals surface area contributed by atoms with E-state index in [4.69, 9.17) is 11.6 Å². The van der Waals surface area contributed by atoms with E-state index in [0.29, 0.717) is 5.92 Å². The third-order valence-corrected chi connectivity index (χ3v) is 4.38. The Morgan fingerprint density at radius 3 is 2.86 bits per heavy atom. The van der Waals surface area contributed by atoms with Gasteiger partial charge in [-0.3, -0.25) is 0 Å². The second-order valence-corrected chi connectivity index (χ2v) is 6.35. The van der Waals surface area contributed by atoms with E-state index < -0.39 is 0 Å². The summed E-state index contributed by atoms with van der Waals surface area (Å²) in [5.74, 6) is 0.469. The van der Waals surface area contributed by atoms with Crippen LogP contribution in [0.5, 0.6) is 0 Å². The molecular weight excluding hydrogens is 294 g/mol. The number of halogens is 1. The summed E-state index contributed by atoms with van der Waals surface area (Å²) in [7, 11) is 0. The fourth-order valence-corrected chi connectivity index (χ4v) is 3.07. The van der Waals surface area contributed by atoms with Gasteiger partial charge in [-0.05, 0) is 35.7 Å². The Morgan fingerprint density at radius 1 is 1.18 bits per heavy atom. The standard InChI is InChI=1S/C18H16ClN3/c1-11(2)17-6-13-5-16(19)15(7-18(13)21-17)12-3-4-14-8-20-10-22(14)9-12/h3-11,21H,1-2H3. The Morgan fingerprint density at radius 2 is 2.05 bits per heavy atom. The molecule has 4 aromatic rings. The number of benzene rings is 1. The average Bonchev–Trinajstić information content (AvgIpc) is 3.11. The minimum Gasteiger partial charge on any atom is -0.358 e. The number of hydrogen-bond acceptors (Lipinski definition) is 1. The highest BCUT2D eigenvalue weighted by Gasteiger charge is 2.10. The van der Waals surface area contributed by atoms with E-state index in [1.54, 1.807) is 6.33 Å². The zero-order valence-electron chi connectivity index (χ0n) is 12.5. The first-order chi connectivity index (χ1) is 10.6. The van der Waals surface area contributed by atoms with Gasteiger partial charge in [0.2, 0.25) is 0 Å². The summed E-state index contributed by atoms with van der Waals surface area (Å²) in [6.45, 7) is 4.36. The van der Waals surface area contributed by atoms with E-state index >= 15 is 0 Å². The van der Waals surface area contributed by atoms with Crippen molar-refractivity contribution < 1.29 is 0 Å². The van der Waals surface area contributed by atoms with Crippen molar-refractivity contribution in [3.05, 3.63) is 59.8 Å². The van der Waals surface area contributed by atoms with Crippen LogP contribution < -0.4 is 0 Å². The Hall–Kier alpha value is -2.26. The maximum Gasteiger partial charge on any atom is 0.0992 e. The zero-order chi connectivity index (χ0) is 15.3. The summed E-state index contributed by atoms with van der Waals surface area (Å²) >= 11 is 6.51. The molecule has 110 valence electrons. The summed E-state index contributed by atoms with van der Waals surface area (Å²) < 4.78 is 2.00. The third-order valence-electron chi connectivity index (χ3n) is 4.07. The number of nitrogens with one attached hydrogen (secondary N) is 1. The van der Waals surface area contributed by atoms with E-state index in [1.165, 1.54) is 5.69 Å². The molecule has 0 spiro atoms. The van der Waals surface area contributed by atoms with Gasteiger partial charge in [0.05, 0.1) is 18.0 Å². The van der Waals surface area contributed by atoms with Crippen LogP contribution in [0.3, 0.4) is 0 Å². The lowest BCUT2D eigenvalue weighted by molar-refractivity contribution is 0.836. The minimum absolute atomic E-state index is 0.469. The highest BCUT2D eigenvalue weighted by Crippen LogP contribution is 2.33. The van der Waals surface area contributed by atoms with E-state index in [9.17, 15) is 0 Å². The Balaban J connectivity index is 1.91. The Kier molecular flexibility index (Phi) is 2.98. The van der Waals surface area contributed by atoms with Crippen molar-refractivity contribution in [3.63, 3.8) is 0 Å². The molecule has 0 saturated carbocycles. The number of pyridine rings is 1. The number of rotatable bonds is 2. The van der Waals surface area contributed by atoms with Gasteiger partial charge in [-0.25, -0.2) is 4.98 Å². The van der Waals surface area contributed by atoms with E-state index in [2.05, 4.69) is 54.3 Å². The van der Waals surface area contributed by atoms with Crippen LogP contribution in [0.1, 0.15) is 25.5 Å². The molecule has 4 rings (SSSR count). The molecule has 3 nitrogen and oxygen atoms in total. The number of H-pyrrole nitrogens is 1. The van der Waals surface area contributed by atoms with Crippen molar-refractivity contribution in [1.29, 1.82) is 0 Å². The average molecular weight is 310 g/mol. The Bertz CT molecular complexity index is 979. The molecule has 0 aliphatic heterocycles. The monoisotopic (exact) mass is 309 g/mol. The quantitative estimate of drug-likeness (QED) is 0.538. The number of nitrogens with zero attached hydrogens (tertiary/aromatic N) is 2. The van der Waals surface area contributed by atoms with Gasteiger partial charge >= 0.3 is 0 Å². The smallest absolute Gasteiger partial charge is 0.0992 e. The summed E-state index contributed by atoms with van der Waals surface area (Å²) in [6.07, 6.45) is 5.70. The van der Waals surface area contributed by atoms with Crippen LogP contribution in [-0.2, 0) is 0 Å². The van der Waals surface area contributed by atoms with Crippen LogP contribution in [0.2, 0.25) is 5.02 Å². The molecule has 3 aromatic heterocycles. The lowest BCUT2D eigenvalue weighted by atomic mass is 10.1. The molecular formula is C18H16ClN3. The van der Waals surface area contributed by atoms with Crippen molar-refractivity contribution in [1.82, 2.24) is 14.4 Å². The van der Waals surface area contributed by atoms with Crippen molar-refractivity contribution >= 4 is 28.0 Å². The largest absolute Gasteiger partial charge is 0.358 e. The third kappa shape index (κ3) is 2.09. The van der Waals surface area contributed by atoms with Crippen LogP contribution in [0.25, 0.3) is 27.5 Å². The van der Waals surface area contributed by atoms with Crippen molar-refractivity contribution in [2.45, 2.75) is 19.8 Å². The van der Waals surface area contributed by atoms with Crippen LogP contribution in [0, 0.1) is 0 Å². The van der Waals surface area contributed by atoms with Gasteiger partial charge in [-0.15, -0.1) is 0 Å². The molecule has 0 radical (unpaired) electrons. The van der Waals surface area contributed by atoms with Gasteiger partial charge in [0.1, 0.15) is 0 Å². The molecule has 22 heavy (non-hydrogen) atoms. The van der Waals surface area contributed by atoms with Gasteiger partial charge < -0.3 is 9.38 Å². The molecule has 3 heterocycles. The fourth-order valence-electron chi connectivity index (χ4n) is 2.79. The highest BCUT2D eigenvalue weighted by atomic mass is 35.5. The second-order valence-electron chi connectivity index (χ2n) is 5.94. The van der Waals surface area contributed by atoms with Gasteiger partial charge in [-0.1, -0.05) is 31.5 Å². The van der Waals surface area contributed by atoms with Crippen molar-refractivity contribution in [2.24, 2.45) is 0 Å². The molecule has 0 fully saturated rings. The lowest BCUT2D eigenvalue weighted by Gasteiger charge is -2.06. The van der Waals surface area contributed by atoms with E-state index in [-0.39, 0.29) is 0 Å². The first-order valence-corrected chi connectivity index (χ1v) is 7.74. The molecule has 0 unspecified atom stereocenters. The predicted molar refractivity (Wildman–Crippen MR) is 91.6 cm³/mol. The van der Waals surface area contributed by atoms with Crippen LogP contribution in [0.4, 0.5) is 0 Å². The summed E-state index contributed by atoms with van der Waals surface area (Å²) in [4.78, 5) is 7.64. The molecule has 0 saturated heterocycles. The summed E-state index contributed by atoms with van der Waals surface area (Å²) in [5, 5.41) is 1.92. The number of hydrogen-bond donors (Lipinski definition) is 1. The highest BCUT2D eigenvalue weighted by molar-refractivity contribution is 6.34. The molecule has 0 amide bonds. The second kappa shape index (κ2) is 4.89. The van der Waals surface area contributed by atoms with Gasteiger partial charge in [0, 0.05) is 33.4 Å². The first kappa shape index (κ1) is 13.4. The fraction of sp³-hybridized carbons (Fsp3) is 0.167. The summed E-state index contributed by atoms with van der Waals surface area (Å²) in [6, 6.07) is 10.5. The van der Waals surface area contributed by atoms with Crippen molar-refractivity contribution in [3.8, 4) is 11.1 Å². The van der Waals surface area contributed by atoms with Crippen LogP contribution in [-0.4, -0.2) is 14.4 Å². The minimum atomic E-state index is 0.469. The molecule has 0 atom stereocenters. The normalized spacial score (nSPS) is 11.8. The SMILES string of the molecule is CC(C)c1cc2cc(Cl)c(-c3ccc4cncn4c3)cc2[nH]1. The van der Waals surface area contributed by atoms with E-state index in [1.807, 2.05) is 16.7 Å². The maximum atomic E-state index is 6.51. The predicted octanol–water partition coefficient (Wildman–Crippen LogP) is 5.26. The van der Waals surface area contributed by atoms with E-state index in [0.717, 1.165) is 32.6 Å². The number of fused-ring (bicyclic) bond motifs is 2. The van der Waals surface area contributed by atoms with Crippen LogP contribution in [0.15, 0.2) is 49.1 Å². The number of imidazole rings is 1. The van der Waals surface area contributed by atoms with Gasteiger partial charge in [-0.2, -0.15) is 0 Å². The molecule has 4 heteroatoms. The number of aromatic amines is 1. The molecule has 0 aliphatic rings.